The lowest BCUT2D eigenvalue weighted by atomic mass is 10.1. The Labute approximate surface area is 117 Å². The molecule has 0 aliphatic heterocycles. The first-order valence-corrected chi connectivity index (χ1v) is 7.28. The highest BCUT2D eigenvalue weighted by Crippen LogP contribution is 2.24. The van der Waals surface area contributed by atoms with Gasteiger partial charge in [0.1, 0.15) is 5.75 Å². The van der Waals surface area contributed by atoms with Gasteiger partial charge in [0.15, 0.2) is 0 Å². The number of benzene rings is 1. The number of ether oxygens (including phenoxy) is 1. The monoisotopic (exact) mass is 264 g/mol. The van der Waals surface area contributed by atoms with Gasteiger partial charge in [0.2, 0.25) is 0 Å². The summed E-state index contributed by atoms with van der Waals surface area (Å²) in [5.74, 6) is 1.58. The molecule has 1 aromatic rings. The van der Waals surface area contributed by atoms with Crippen molar-refractivity contribution in [2.75, 3.05) is 26.2 Å². The summed E-state index contributed by atoms with van der Waals surface area (Å²) in [4.78, 5) is 2.40. The van der Waals surface area contributed by atoms with Crippen molar-refractivity contribution in [3.63, 3.8) is 0 Å². The molecule has 0 aliphatic rings. The van der Waals surface area contributed by atoms with Crippen molar-refractivity contribution in [1.29, 1.82) is 0 Å². The standard InChI is InChI=1S/C16H28N2O/c1-5-18(11-13(3)4)12-15(17)14-9-7-8-10-16(14)19-6-2/h7-10,13,15H,5-6,11-12,17H2,1-4H3. The van der Waals surface area contributed by atoms with Gasteiger partial charge in [-0.25, -0.2) is 0 Å². The van der Waals surface area contributed by atoms with Crippen molar-refractivity contribution in [1.82, 2.24) is 4.90 Å². The zero-order valence-electron chi connectivity index (χ0n) is 12.7. The van der Waals surface area contributed by atoms with Crippen molar-refractivity contribution in [2.24, 2.45) is 11.7 Å². The van der Waals surface area contributed by atoms with Crippen LogP contribution in [0.25, 0.3) is 0 Å². The maximum atomic E-state index is 6.36. The Balaban J connectivity index is 2.73. The molecule has 19 heavy (non-hydrogen) atoms. The van der Waals surface area contributed by atoms with E-state index in [1.54, 1.807) is 0 Å². The lowest BCUT2D eigenvalue weighted by Crippen LogP contribution is -2.34. The third kappa shape index (κ3) is 5.21. The van der Waals surface area contributed by atoms with Gasteiger partial charge in [0, 0.05) is 24.7 Å². The summed E-state index contributed by atoms with van der Waals surface area (Å²) in [6.45, 7) is 12.3. The number of hydrogen-bond donors (Lipinski definition) is 1. The van der Waals surface area contributed by atoms with Crippen LogP contribution >= 0.6 is 0 Å². The van der Waals surface area contributed by atoms with Crippen molar-refractivity contribution in [3.8, 4) is 5.75 Å². The lowest BCUT2D eigenvalue weighted by Gasteiger charge is -2.26. The molecule has 1 unspecified atom stereocenters. The molecule has 0 saturated heterocycles. The number of likely N-dealkylation sites (N-methyl/N-ethyl adjacent to an activating group) is 1. The number of nitrogens with two attached hydrogens (primary N) is 1. The van der Waals surface area contributed by atoms with Gasteiger partial charge >= 0.3 is 0 Å². The highest BCUT2D eigenvalue weighted by atomic mass is 16.5. The molecule has 0 aromatic heterocycles. The van der Waals surface area contributed by atoms with Crippen molar-refractivity contribution in [2.45, 2.75) is 33.7 Å². The first-order chi connectivity index (χ1) is 9.08. The molecule has 0 amide bonds. The van der Waals surface area contributed by atoms with Gasteiger partial charge in [0.25, 0.3) is 0 Å². The fraction of sp³-hybridized carbons (Fsp3) is 0.625. The van der Waals surface area contributed by atoms with Crippen LogP contribution in [0.3, 0.4) is 0 Å². The first kappa shape index (κ1) is 16.0. The number of hydrogen-bond acceptors (Lipinski definition) is 3. The summed E-state index contributed by atoms with van der Waals surface area (Å²) in [6.07, 6.45) is 0. The van der Waals surface area contributed by atoms with Crippen LogP contribution in [0.5, 0.6) is 5.75 Å². The summed E-state index contributed by atoms with van der Waals surface area (Å²) < 4.78 is 5.66. The second-order valence-corrected chi connectivity index (χ2v) is 5.32. The predicted octanol–water partition coefficient (Wildman–Crippen LogP) is 3.06. The molecular weight excluding hydrogens is 236 g/mol. The molecule has 2 N–H and O–H groups in total. The Morgan fingerprint density at radius 1 is 1.16 bits per heavy atom. The smallest absolute Gasteiger partial charge is 0.124 e. The van der Waals surface area contributed by atoms with Crippen molar-refractivity contribution in [3.05, 3.63) is 29.8 Å². The molecule has 0 heterocycles. The minimum atomic E-state index is 0.00134. The van der Waals surface area contributed by atoms with Crippen LogP contribution in [0.1, 0.15) is 39.3 Å². The highest BCUT2D eigenvalue weighted by molar-refractivity contribution is 5.35. The molecule has 0 radical (unpaired) electrons. The van der Waals surface area contributed by atoms with Crippen LogP contribution in [0.15, 0.2) is 24.3 Å². The van der Waals surface area contributed by atoms with Crippen LogP contribution in [0.2, 0.25) is 0 Å². The van der Waals surface area contributed by atoms with Crippen LogP contribution < -0.4 is 10.5 Å². The maximum Gasteiger partial charge on any atom is 0.124 e. The fourth-order valence-corrected chi connectivity index (χ4v) is 2.30. The second-order valence-electron chi connectivity index (χ2n) is 5.32. The molecule has 1 aromatic carbocycles. The van der Waals surface area contributed by atoms with Crippen LogP contribution in [0, 0.1) is 5.92 Å². The Hall–Kier alpha value is -1.06. The minimum absolute atomic E-state index is 0.00134. The Morgan fingerprint density at radius 3 is 2.42 bits per heavy atom. The fourth-order valence-electron chi connectivity index (χ4n) is 2.30. The van der Waals surface area contributed by atoms with E-state index >= 15 is 0 Å². The molecule has 3 heteroatoms. The maximum absolute atomic E-state index is 6.36. The number of para-hydroxylation sites is 1. The predicted molar refractivity (Wildman–Crippen MR) is 81.5 cm³/mol. The first-order valence-electron chi connectivity index (χ1n) is 7.28. The Kier molecular flexibility index (Phi) is 6.89. The van der Waals surface area contributed by atoms with Crippen molar-refractivity contribution >= 4 is 0 Å². The third-order valence-corrected chi connectivity index (χ3v) is 3.14. The van der Waals surface area contributed by atoms with Gasteiger partial charge in [-0.2, -0.15) is 0 Å². The van der Waals surface area contributed by atoms with Crippen molar-refractivity contribution < 1.29 is 4.74 Å². The van der Waals surface area contributed by atoms with Gasteiger partial charge in [-0.1, -0.05) is 39.0 Å². The van der Waals surface area contributed by atoms with Crippen LogP contribution in [-0.2, 0) is 0 Å². The van der Waals surface area contributed by atoms with Gasteiger partial charge in [-0.15, -0.1) is 0 Å². The van der Waals surface area contributed by atoms with Crippen LogP contribution in [0.4, 0.5) is 0 Å². The van der Waals surface area contributed by atoms with E-state index in [-0.39, 0.29) is 6.04 Å². The van der Waals surface area contributed by atoms with E-state index in [9.17, 15) is 0 Å². The third-order valence-electron chi connectivity index (χ3n) is 3.14. The lowest BCUT2D eigenvalue weighted by molar-refractivity contribution is 0.239. The van der Waals surface area contributed by atoms with E-state index in [2.05, 4.69) is 31.7 Å². The van der Waals surface area contributed by atoms with E-state index in [0.717, 1.165) is 30.9 Å². The second kappa shape index (κ2) is 8.18. The zero-order chi connectivity index (χ0) is 14.3. The molecule has 0 saturated carbocycles. The Bertz CT molecular complexity index is 366. The van der Waals surface area contributed by atoms with E-state index in [0.29, 0.717) is 12.5 Å². The quantitative estimate of drug-likeness (QED) is 0.784. The average molecular weight is 264 g/mol. The molecule has 0 aliphatic carbocycles. The number of rotatable bonds is 8. The normalized spacial score (nSPS) is 13.0. The highest BCUT2D eigenvalue weighted by Gasteiger charge is 2.15. The van der Waals surface area contributed by atoms with E-state index in [4.69, 9.17) is 10.5 Å². The van der Waals surface area contributed by atoms with Gasteiger partial charge < -0.3 is 15.4 Å². The van der Waals surface area contributed by atoms with Gasteiger partial charge in [-0.05, 0) is 25.5 Å². The molecule has 0 bridgehead atoms. The summed E-state index contributed by atoms with van der Waals surface area (Å²) in [6, 6.07) is 8.08. The molecule has 108 valence electrons. The summed E-state index contributed by atoms with van der Waals surface area (Å²) in [5, 5.41) is 0. The average Bonchev–Trinajstić information content (AvgIpc) is 2.38. The van der Waals surface area contributed by atoms with Crippen LogP contribution in [-0.4, -0.2) is 31.1 Å². The summed E-state index contributed by atoms with van der Waals surface area (Å²) >= 11 is 0. The van der Waals surface area contributed by atoms with Gasteiger partial charge in [0.05, 0.1) is 6.61 Å². The van der Waals surface area contributed by atoms with Gasteiger partial charge in [-0.3, -0.25) is 0 Å². The zero-order valence-corrected chi connectivity index (χ0v) is 12.7. The molecule has 1 rings (SSSR count). The van der Waals surface area contributed by atoms with E-state index < -0.39 is 0 Å². The summed E-state index contributed by atoms with van der Waals surface area (Å²) in [7, 11) is 0. The largest absolute Gasteiger partial charge is 0.494 e. The number of nitrogens with zero attached hydrogens (tertiary/aromatic N) is 1. The minimum Gasteiger partial charge on any atom is -0.494 e. The topological polar surface area (TPSA) is 38.5 Å². The van der Waals surface area contributed by atoms with E-state index in [1.807, 2.05) is 25.1 Å². The SMILES string of the molecule is CCOc1ccccc1C(N)CN(CC)CC(C)C. The molecular formula is C16H28N2O. The van der Waals surface area contributed by atoms with E-state index in [1.165, 1.54) is 0 Å². The Morgan fingerprint density at radius 2 is 1.84 bits per heavy atom. The summed E-state index contributed by atoms with van der Waals surface area (Å²) in [5.41, 5.74) is 7.46. The molecule has 0 fully saturated rings. The molecule has 3 nitrogen and oxygen atoms in total. The molecule has 1 atom stereocenters. The molecule has 0 spiro atoms.